The Morgan fingerprint density at radius 1 is 1.17 bits per heavy atom. The summed E-state index contributed by atoms with van der Waals surface area (Å²) in [5.74, 6) is 0.204. The van der Waals surface area contributed by atoms with Gasteiger partial charge in [0.05, 0.1) is 12.1 Å². The summed E-state index contributed by atoms with van der Waals surface area (Å²) in [6, 6.07) is 8.38. The molecule has 3 aliphatic heterocycles. The SMILES string of the molecule is O=C1CO[C@@H]2CCN(Cc3ccc(N4CCCC4=O)cc3)C[C@@H]2N1. The second-order valence-corrected chi connectivity index (χ2v) is 6.86. The number of carbonyl (C=O) groups excluding carboxylic acids is 2. The zero-order valence-corrected chi connectivity index (χ0v) is 13.7. The number of nitrogens with one attached hydrogen (secondary N) is 1. The summed E-state index contributed by atoms with van der Waals surface area (Å²) in [7, 11) is 0. The van der Waals surface area contributed by atoms with E-state index in [1.807, 2.05) is 17.0 Å². The maximum atomic E-state index is 11.8. The van der Waals surface area contributed by atoms with Gasteiger partial charge in [0.25, 0.3) is 0 Å². The highest BCUT2D eigenvalue weighted by atomic mass is 16.5. The fourth-order valence-corrected chi connectivity index (χ4v) is 3.87. The fraction of sp³-hybridized carbons (Fsp3) is 0.556. The van der Waals surface area contributed by atoms with Gasteiger partial charge < -0.3 is 15.0 Å². The third-order valence-corrected chi connectivity index (χ3v) is 5.14. The highest BCUT2D eigenvalue weighted by molar-refractivity contribution is 5.95. The van der Waals surface area contributed by atoms with Gasteiger partial charge >= 0.3 is 0 Å². The molecule has 1 N–H and O–H groups in total. The van der Waals surface area contributed by atoms with E-state index in [1.54, 1.807) is 0 Å². The summed E-state index contributed by atoms with van der Waals surface area (Å²) >= 11 is 0. The first-order chi connectivity index (χ1) is 11.7. The van der Waals surface area contributed by atoms with E-state index in [4.69, 9.17) is 4.74 Å². The number of likely N-dealkylation sites (tertiary alicyclic amines) is 1. The van der Waals surface area contributed by atoms with Crippen molar-refractivity contribution in [2.75, 3.05) is 31.1 Å². The first-order valence-electron chi connectivity index (χ1n) is 8.72. The standard InChI is InChI=1S/C18H23N3O3/c22-17-12-24-16-7-9-20(11-15(16)19-17)10-13-3-5-14(6-4-13)21-8-1-2-18(21)23/h3-6,15-16H,1-2,7-12H2,(H,19,22)/t15-,16+/m0/s1. The molecule has 1 aromatic carbocycles. The molecule has 0 aliphatic carbocycles. The van der Waals surface area contributed by atoms with Gasteiger partial charge in [-0.15, -0.1) is 0 Å². The van der Waals surface area contributed by atoms with E-state index in [2.05, 4.69) is 22.3 Å². The number of morpholine rings is 1. The van der Waals surface area contributed by atoms with Crippen LogP contribution in [0.2, 0.25) is 0 Å². The van der Waals surface area contributed by atoms with Crippen molar-refractivity contribution < 1.29 is 14.3 Å². The molecule has 0 bridgehead atoms. The van der Waals surface area contributed by atoms with Gasteiger partial charge in [0.1, 0.15) is 6.61 Å². The van der Waals surface area contributed by atoms with E-state index < -0.39 is 0 Å². The van der Waals surface area contributed by atoms with Crippen molar-refractivity contribution in [1.29, 1.82) is 0 Å². The molecule has 6 heteroatoms. The first-order valence-corrected chi connectivity index (χ1v) is 8.72. The van der Waals surface area contributed by atoms with Gasteiger partial charge in [-0.1, -0.05) is 12.1 Å². The molecule has 0 unspecified atom stereocenters. The predicted octanol–water partition coefficient (Wildman–Crippen LogP) is 0.903. The summed E-state index contributed by atoms with van der Waals surface area (Å²) in [6.45, 7) is 3.67. The Balaban J connectivity index is 1.37. The van der Waals surface area contributed by atoms with Crippen LogP contribution in [0.5, 0.6) is 0 Å². The van der Waals surface area contributed by atoms with Crippen LogP contribution in [0.3, 0.4) is 0 Å². The second-order valence-electron chi connectivity index (χ2n) is 6.86. The monoisotopic (exact) mass is 329 g/mol. The molecule has 3 heterocycles. The molecular formula is C18H23N3O3. The number of carbonyl (C=O) groups is 2. The lowest BCUT2D eigenvalue weighted by Gasteiger charge is -2.41. The number of nitrogens with zero attached hydrogens (tertiary/aromatic N) is 2. The molecule has 128 valence electrons. The number of hydrogen-bond donors (Lipinski definition) is 1. The molecule has 0 saturated carbocycles. The molecule has 2 atom stereocenters. The van der Waals surface area contributed by atoms with Crippen molar-refractivity contribution in [1.82, 2.24) is 10.2 Å². The minimum atomic E-state index is -0.0160. The van der Waals surface area contributed by atoms with Crippen LogP contribution < -0.4 is 10.2 Å². The van der Waals surface area contributed by atoms with Gasteiger partial charge in [0.2, 0.25) is 11.8 Å². The maximum absolute atomic E-state index is 11.8. The highest BCUT2D eigenvalue weighted by Crippen LogP contribution is 2.23. The third-order valence-electron chi connectivity index (χ3n) is 5.14. The van der Waals surface area contributed by atoms with E-state index >= 15 is 0 Å². The van der Waals surface area contributed by atoms with Crippen LogP contribution in [-0.2, 0) is 20.9 Å². The summed E-state index contributed by atoms with van der Waals surface area (Å²) in [5.41, 5.74) is 2.22. The Labute approximate surface area is 141 Å². The van der Waals surface area contributed by atoms with Crippen LogP contribution in [0.1, 0.15) is 24.8 Å². The highest BCUT2D eigenvalue weighted by Gasteiger charge is 2.34. The Morgan fingerprint density at radius 3 is 2.75 bits per heavy atom. The molecule has 3 aliphatic rings. The van der Waals surface area contributed by atoms with Crippen LogP contribution >= 0.6 is 0 Å². The topological polar surface area (TPSA) is 61.9 Å². The lowest BCUT2D eigenvalue weighted by atomic mass is 10.00. The lowest BCUT2D eigenvalue weighted by Crippen LogP contribution is -2.60. The van der Waals surface area contributed by atoms with Crippen LogP contribution in [-0.4, -0.2) is 55.1 Å². The van der Waals surface area contributed by atoms with Crippen molar-refractivity contribution in [2.24, 2.45) is 0 Å². The molecule has 3 saturated heterocycles. The van der Waals surface area contributed by atoms with E-state index in [-0.39, 0.29) is 30.6 Å². The van der Waals surface area contributed by atoms with Crippen molar-refractivity contribution >= 4 is 17.5 Å². The summed E-state index contributed by atoms with van der Waals surface area (Å²) in [4.78, 5) is 27.5. The van der Waals surface area contributed by atoms with Gasteiger partial charge in [-0.25, -0.2) is 0 Å². The van der Waals surface area contributed by atoms with E-state index in [1.165, 1.54) is 5.56 Å². The van der Waals surface area contributed by atoms with Gasteiger partial charge in [0, 0.05) is 38.3 Å². The Kier molecular flexibility index (Phi) is 4.24. The molecule has 24 heavy (non-hydrogen) atoms. The normalized spacial score (nSPS) is 27.9. The lowest BCUT2D eigenvalue weighted by molar-refractivity contribution is -0.140. The second kappa shape index (κ2) is 6.53. The zero-order valence-electron chi connectivity index (χ0n) is 13.7. The van der Waals surface area contributed by atoms with Crippen LogP contribution in [0.15, 0.2) is 24.3 Å². The summed E-state index contributed by atoms with van der Waals surface area (Å²) in [6.07, 6.45) is 2.71. The number of benzene rings is 1. The minimum Gasteiger partial charge on any atom is -0.366 e. The number of piperidine rings is 1. The van der Waals surface area contributed by atoms with Gasteiger partial charge in [0.15, 0.2) is 0 Å². The summed E-state index contributed by atoms with van der Waals surface area (Å²) in [5, 5.41) is 3.04. The van der Waals surface area contributed by atoms with Gasteiger partial charge in [-0.3, -0.25) is 14.5 Å². The fourth-order valence-electron chi connectivity index (χ4n) is 3.87. The van der Waals surface area contributed by atoms with E-state index in [9.17, 15) is 9.59 Å². The number of ether oxygens (including phenoxy) is 1. The Morgan fingerprint density at radius 2 is 2.00 bits per heavy atom. The minimum absolute atomic E-state index is 0.0160. The molecule has 0 radical (unpaired) electrons. The zero-order chi connectivity index (χ0) is 16.5. The van der Waals surface area contributed by atoms with Crippen molar-refractivity contribution in [3.8, 4) is 0 Å². The molecular weight excluding hydrogens is 306 g/mol. The van der Waals surface area contributed by atoms with E-state index in [0.29, 0.717) is 6.42 Å². The Hall–Kier alpha value is -1.92. The van der Waals surface area contributed by atoms with Crippen molar-refractivity contribution in [3.63, 3.8) is 0 Å². The summed E-state index contributed by atoms with van der Waals surface area (Å²) < 4.78 is 5.60. The van der Waals surface area contributed by atoms with Gasteiger partial charge in [-0.2, -0.15) is 0 Å². The van der Waals surface area contributed by atoms with E-state index in [0.717, 1.165) is 44.7 Å². The molecule has 0 spiro atoms. The smallest absolute Gasteiger partial charge is 0.246 e. The third kappa shape index (κ3) is 3.16. The molecule has 0 aromatic heterocycles. The quantitative estimate of drug-likeness (QED) is 0.895. The Bertz CT molecular complexity index is 631. The first kappa shape index (κ1) is 15.6. The number of amides is 2. The van der Waals surface area contributed by atoms with Crippen LogP contribution in [0, 0.1) is 0 Å². The molecule has 3 fully saturated rings. The number of hydrogen-bond acceptors (Lipinski definition) is 4. The molecule has 4 rings (SSSR count). The van der Waals surface area contributed by atoms with Gasteiger partial charge in [-0.05, 0) is 30.5 Å². The van der Waals surface area contributed by atoms with Crippen LogP contribution in [0.25, 0.3) is 0 Å². The van der Waals surface area contributed by atoms with Crippen molar-refractivity contribution in [2.45, 2.75) is 38.0 Å². The number of fused-ring (bicyclic) bond motifs is 1. The molecule has 1 aromatic rings. The maximum Gasteiger partial charge on any atom is 0.246 e. The number of rotatable bonds is 3. The average Bonchev–Trinajstić information content (AvgIpc) is 3.01. The average molecular weight is 329 g/mol. The van der Waals surface area contributed by atoms with Crippen molar-refractivity contribution in [3.05, 3.63) is 29.8 Å². The molecule has 2 amide bonds. The predicted molar refractivity (Wildman–Crippen MR) is 89.6 cm³/mol. The molecule has 6 nitrogen and oxygen atoms in total. The number of anilines is 1. The largest absolute Gasteiger partial charge is 0.366 e. The van der Waals surface area contributed by atoms with Crippen LogP contribution in [0.4, 0.5) is 5.69 Å².